The van der Waals surface area contributed by atoms with E-state index in [0.717, 1.165) is 122 Å². The third-order valence-corrected chi connectivity index (χ3v) is 30.0. The first-order valence-electron chi connectivity index (χ1n) is 48.1. The number of hydrogen-bond donors (Lipinski definition) is 0. The Morgan fingerprint density at radius 2 is 0.577 bits per heavy atom. The molecule has 10 nitrogen and oxygen atoms in total. The molecule has 0 bridgehead atoms. The van der Waals surface area contributed by atoms with E-state index in [1.807, 2.05) is 84.1 Å². The van der Waals surface area contributed by atoms with Crippen LogP contribution in [-0.4, -0.2) is 38.6 Å². The summed E-state index contributed by atoms with van der Waals surface area (Å²) in [5, 5.41) is 29.9. The number of benzene rings is 23. The number of aromatic nitrogens is 8. The topological polar surface area (TPSA) is 106 Å². The van der Waals surface area contributed by atoms with Crippen molar-refractivity contribution in [1.82, 2.24) is 38.6 Å². The van der Waals surface area contributed by atoms with Gasteiger partial charge in [0.25, 0.3) is 0 Å². The summed E-state index contributed by atoms with van der Waals surface area (Å²) >= 11 is 1.89. The van der Waals surface area contributed by atoms with Gasteiger partial charge in [0.15, 0.2) is 17.5 Å². The van der Waals surface area contributed by atoms with Crippen molar-refractivity contribution in [3.05, 3.63) is 473 Å². The minimum atomic E-state index is 0.617. The summed E-state index contributed by atoms with van der Waals surface area (Å²) in [5.74, 6) is 2.55. The maximum Gasteiger partial charge on any atom is 0.235 e. The first kappa shape index (κ1) is 80.5. The number of furan rings is 2. The van der Waals surface area contributed by atoms with E-state index in [1.54, 1.807) is 0 Å². The summed E-state index contributed by atoms with van der Waals surface area (Å²) in [6, 6.07) is 168. The molecule has 0 saturated carbocycles. The second-order valence-electron chi connectivity index (χ2n) is 36.6. The van der Waals surface area contributed by atoms with Gasteiger partial charge in [-0.3, -0.25) is 4.57 Å². The van der Waals surface area contributed by atoms with E-state index in [-0.39, 0.29) is 0 Å². The Morgan fingerprint density at radius 1 is 0.190 bits per heavy atom. The van der Waals surface area contributed by atoms with Crippen molar-refractivity contribution in [2.45, 2.75) is 0 Å². The Kier molecular flexibility index (Phi) is 18.4. The standard InChI is InChI=1S/C47H28N4O.C46H28N4.C38H22OS/c1-3-14-29(15-4-1)45-48-46(30-16-5-2-6-17-30)50-47(49-45)31-18-13-19-32(28-31)51-39-24-11-9-21-34(39)37-27-26-36-33-20-7-8-22-35(33)41-38-23-10-12-25-40(38)52-44(41)42(36)43(37)51;1-3-15-29(16-4-1)43-36-22-9-12-24-38(36)47-46(48-43)50-40-26-14-11-23-37(40)42-41-33(31-19-7-8-21-34(31)45(42)50)27-28-35-32-20-10-13-25-39(32)49(44(35)41)30-17-5-2-6-18-30;1-3-9-23(10-4-1)25-15-17-28-31(21-25)27-18-19-29-32-22-26(24-11-5-2-6-12-24)16-20-34(32)40-38(29)36(27)35-30-13-7-8-14-33(30)39-37(28)35/h1-28H;1-28H;1-22H. The SMILES string of the molecule is c1ccc(-c2ccc3sc4c(ccc5c6cc(-c7ccccc7)ccc6c6oc7ccccc7c6c54)c3c2)cc1.c1ccc(-c2nc(-c3ccccc3)nc(-c3cccc(-n4c5ccccc5c5ccc6c7ccccc7c7c8ccccc8oc7c6c54)c3)n2)cc1.c1ccc(-c2nc(-n3c4ccccc4c4c5c(ccc6c7ccccc7n(-c7ccccc7)c65)c5ccccc5c43)nc3ccccc23)cc1. The lowest BCUT2D eigenvalue weighted by Crippen LogP contribution is -2.04. The molecule has 23 aromatic carbocycles. The quantitative estimate of drug-likeness (QED) is 0.133. The van der Waals surface area contributed by atoms with Crippen LogP contribution in [0.2, 0.25) is 0 Å². The Morgan fingerprint density at radius 3 is 1.20 bits per heavy atom. The van der Waals surface area contributed by atoms with Crippen LogP contribution in [-0.2, 0) is 0 Å². The molecular formula is C131H78N8O2S. The summed E-state index contributed by atoms with van der Waals surface area (Å²) in [7, 11) is 0. The molecule has 0 atom stereocenters. The van der Waals surface area contributed by atoms with Crippen molar-refractivity contribution in [2.75, 3.05) is 0 Å². The molecule has 31 rings (SSSR count). The Labute approximate surface area is 816 Å². The van der Waals surface area contributed by atoms with E-state index in [0.29, 0.717) is 23.4 Å². The molecule has 0 spiro atoms. The molecule has 0 unspecified atom stereocenters. The normalized spacial score (nSPS) is 11.9. The highest BCUT2D eigenvalue weighted by atomic mass is 32.1. The molecule has 0 amide bonds. The Balaban J connectivity index is 0.000000103. The van der Waals surface area contributed by atoms with E-state index in [2.05, 4.69) is 414 Å². The van der Waals surface area contributed by atoms with Crippen molar-refractivity contribution < 1.29 is 8.83 Å². The van der Waals surface area contributed by atoms with Gasteiger partial charge in [0.05, 0.1) is 49.7 Å². The van der Waals surface area contributed by atoms with Crippen molar-refractivity contribution in [2.24, 2.45) is 0 Å². The molecule has 660 valence electrons. The average Bonchev–Trinajstić information content (AvgIpc) is 1.52. The molecule has 0 aliphatic carbocycles. The first-order valence-corrected chi connectivity index (χ1v) is 48.9. The summed E-state index contributed by atoms with van der Waals surface area (Å²) in [6.07, 6.45) is 0. The van der Waals surface area contributed by atoms with Crippen molar-refractivity contribution >= 4 is 216 Å². The third kappa shape index (κ3) is 12.6. The number of rotatable bonds is 9. The molecule has 0 aliphatic rings. The van der Waals surface area contributed by atoms with Gasteiger partial charge in [0.1, 0.15) is 22.3 Å². The van der Waals surface area contributed by atoms with Crippen molar-refractivity contribution in [3.8, 4) is 85.0 Å². The maximum atomic E-state index is 6.83. The predicted molar refractivity (Wildman–Crippen MR) is 594 cm³/mol. The summed E-state index contributed by atoms with van der Waals surface area (Å²) in [5.41, 5.74) is 23.3. The van der Waals surface area contributed by atoms with Crippen molar-refractivity contribution in [1.29, 1.82) is 0 Å². The lowest BCUT2D eigenvalue weighted by atomic mass is 9.93. The molecule has 8 aromatic heterocycles. The van der Waals surface area contributed by atoms with Crippen LogP contribution in [0.4, 0.5) is 0 Å². The minimum absolute atomic E-state index is 0.617. The minimum Gasteiger partial charge on any atom is -0.455 e. The highest BCUT2D eigenvalue weighted by molar-refractivity contribution is 7.26. The Bertz CT molecular complexity index is 10600. The fraction of sp³-hybridized carbons (Fsp3) is 0. The van der Waals surface area contributed by atoms with E-state index >= 15 is 0 Å². The fourth-order valence-corrected chi connectivity index (χ4v) is 23.8. The second-order valence-corrected chi connectivity index (χ2v) is 37.6. The number of nitrogens with zero attached hydrogens (tertiary/aromatic N) is 8. The fourth-order valence-electron chi connectivity index (χ4n) is 22.5. The van der Waals surface area contributed by atoms with Gasteiger partial charge in [-0.15, -0.1) is 11.3 Å². The van der Waals surface area contributed by atoms with Gasteiger partial charge >= 0.3 is 0 Å². The molecular weight excluding hydrogens is 1750 g/mol. The first-order chi connectivity index (χ1) is 70.5. The van der Waals surface area contributed by atoms with Gasteiger partial charge in [-0.05, 0) is 145 Å². The number of para-hydroxylation sites is 7. The van der Waals surface area contributed by atoms with Gasteiger partial charge in [0, 0.05) is 135 Å². The summed E-state index contributed by atoms with van der Waals surface area (Å²) in [4.78, 5) is 25.7. The predicted octanol–water partition coefficient (Wildman–Crippen LogP) is 35.6. The molecule has 0 radical (unpaired) electrons. The molecule has 0 N–H and O–H groups in total. The molecule has 0 aliphatic heterocycles. The van der Waals surface area contributed by atoms with Crippen LogP contribution in [0.25, 0.3) is 290 Å². The van der Waals surface area contributed by atoms with Crippen LogP contribution in [0.3, 0.4) is 0 Å². The number of hydrogen-bond acceptors (Lipinski definition) is 8. The van der Waals surface area contributed by atoms with Crippen LogP contribution in [0.1, 0.15) is 0 Å². The van der Waals surface area contributed by atoms with Gasteiger partial charge in [0.2, 0.25) is 5.95 Å². The zero-order valence-corrected chi connectivity index (χ0v) is 77.2. The van der Waals surface area contributed by atoms with Crippen LogP contribution >= 0.6 is 11.3 Å². The maximum absolute atomic E-state index is 6.83. The zero-order chi connectivity index (χ0) is 93.1. The lowest BCUT2D eigenvalue weighted by molar-refractivity contribution is 0.672. The third-order valence-electron chi connectivity index (χ3n) is 28.7. The van der Waals surface area contributed by atoms with Gasteiger partial charge in [-0.2, -0.15) is 0 Å². The van der Waals surface area contributed by atoms with Gasteiger partial charge in [-0.25, -0.2) is 24.9 Å². The molecule has 0 fully saturated rings. The molecule has 8 heterocycles. The van der Waals surface area contributed by atoms with E-state index < -0.39 is 0 Å². The molecule has 0 saturated heterocycles. The largest absolute Gasteiger partial charge is 0.455 e. The second kappa shape index (κ2) is 32.4. The van der Waals surface area contributed by atoms with Crippen LogP contribution < -0.4 is 0 Å². The molecule has 11 heteroatoms. The highest BCUT2D eigenvalue weighted by Crippen LogP contribution is 2.53. The number of fused-ring (bicyclic) bond motifs is 37. The molecule has 31 aromatic rings. The zero-order valence-electron chi connectivity index (χ0n) is 76.3. The van der Waals surface area contributed by atoms with Gasteiger partial charge < -0.3 is 18.0 Å². The van der Waals surface area contributed by atoms with Gasteiger partial charge in [-0.1, -0.05) is 388 Å². The highest BCUT2D eigenvalue weighted by Gasteiger charge is 2.29. The van der Waals surface area contributed by atoms with Crippen LogP contribution in [0.15, 0.2) is 482 Å². The lowest BCUT2D eigenvalue weighted by Gasteiger charge is -2.15. The smallest absolute Gasteiger partial charge is 0.235 e. The summed E-state index contributed by atoms with van der Waals surface area (Å²) in [6.45, 7) is 0. The molecule has 142 heavy (non-hydrogen) atoms. The van der Waals surface area contributed by atoms with E-state index in [1.165, 1.54) is 145 Å². The Hall–Kier alpha value is -18.8. The van der Waals surface area contributed by atoms with Crippen LogP contribution in [0, 0.1) is 0 Å². The average molecular weight is 1830 g/mol. The monoisotopic (exact) mass is 1830 g/mol. The van der Waals surface area contributed by atoms with E-state index in [9.17, 15) is 0 Å². The van der Waals surface area contributed by atoms with Crippen LogP contribution in [0.5, 0.6) is 0 Å². The van der Waals surface area contributed by atoms with Crippen molar-refractivity contribution in [3.63, 3.8) is 0 Å². The summed E-state index contributed by atoms with van der Waals surface area (Å²) < 4.78 is 23.2. The van der Waals surface area contributed by atoms with E-state index in [4.69, 9.17) is 33.8 Å². The number of thiophene rings is 1.